The van der Waals surface area contributed by atoms with E-state index in [4.69, 9.17) is 9.47 Å². The van der Waals surface area contributed by atoms with Crippen LogP contribution >= 0.6 is 0 Å². The molecule has 0 aromatic heterocycles. The van der Waals surface area contributed by atoms with Crippen molar-refractivity contribution in [3.63, 3.8) is 0 Å². The molecule has 0 radical (unpaired) electrons. The highest BCUT2D eigenvalue weighted by molar-refractivity contribution is 6.07. The van der Waals surface area contributed by atoms with Crippen LogP contribution in [0.15, 0.2) is 54.6 Å². The lowest BCUT2D eigenvalue weighted by atomic mass is 9.83. The minimum absolute atomic E-state index is 0.0888. The lowest BCUT2D eigenvalue weighted by Crippen LogP contribution is -2.46. The van der Waals surface area contributed by atoms with Crippen LogP contribution in [0.1, 0.15) is 24.5 Å². The normalized spacial score (nSPS) is 24.2. The molecule has 0 fully saturated rings. The molecule has 2 atom stereocenters. The third-order valence-corrected chi connectivity index (χ3v) is 5.39. The second-order valence-electron chi connectivity index (χ2n) is 6.99. The number of nitrogens with zero attached hydrogens (tertiary/aromatic N) is 1. The van der Waals surface area contributed by atoms with Crippen molar-refractivity contribution in [2.75, 3.05) is 18.6 Å². The van der Waals surface area contributed by atoms with Gasteiger partial charge in [0.15, 0.2) is 5.60 Å². The lowest BCUT2D eigenvalue weighted by Gasteiger charge is -2.32. The van der Waals surface area contributed by atoms with Gasteiger partial charge < -0.3 is 14.4 Å². The van der Waals surface area contributed by atoms with Crippen LogP contribution in [0.2, 0.25) is 0 Å². The van der Waals surface area contributed by atoms with E-state index < -0.39 is 5.60 Å². The number of fused-ring (bicyclic) bond motifs is 2. The molecule has 2 aliphatic rings. The summed E-state index contributed by atoms with van der Waals surface area (Å²) in [6, 6.07) is 11.9. The number of rotatable bonds is 3. The van der Waals surface area contributed by atoms with Gasteiger partial charge in [0.25, 0.3) is 5.91 Å². The van der Waals surface area contributed by atoms with Crippen LogP contribution in [0.5, 0.6) is 5.75 Å². The van der Waals surface area contributed by atoms with Crippen molar-refractivity contribution < 1.29 is 18.7 Å². The molecule has 27 heavy (non-hydrogen) atoms. The van der Waals surface area contributed by atoms with Gasteiger partial charge in [0.2, 0.25) is 0 Å². The second kappa shape index (κ2) is 6.82. The van der Waals surface area contributed by atoms with Crippen molar-refractivity contribution in [3.8, 4) is 5.75 Å². The van der Waals surface area contributed by atoms with Gasteiger partial charge in [0, 0.05) is 11.5 Å². The fourth-order valence-electron chi connectivity index (χ4n) is 3.96. The summed E-state index contributed by atoms with van der Waals surface area (Å²) >= 11 is 0. The van der Waals surface area contributed by atoms with E-state index >= 15 is 0 Å². The molecule has 0 saturated carbocycles. The summed E-state index contributed by atoms with van der Waals surface area (Å²) in [6.45, 7) is 2.85. The third-order valence-electron chi connectivity index (χ3n) is 5.39. The molecule has 0 N–H and O–H groups in total. The van der Waals surface area contributed by atoms with E-state index in [0.717, 1.165) is 23.2 Å². The number of methoxy groups -OCH3 is 1. The summed E-state index contributed by atoms with van der Waals surface area (Å²) in [7, 11) is 1.61. The highest BCUT2D eigenvalue weighted by Crippen LogP contribution is 2.50. The van der Waals surface area contributed by atoms with Gasteiger partial charge in [-0.05, 0) is 42.3 Å². The van der Waals surface area contributed by atoms with Gasteiger partial charge >= 0.3 is 0 Å². The Labute approximate surface area is 158 Å². The lowest BCUT2D eigenvalue weighted by molar-refractivity contribution is -0.148. The van der Waals surface area contributed by atoms with Crippen molar-refractivity contribution in [3.05, 3.63) is 71.6 Å². The van der Waals surface area contributed by atoms with Crippen LogP contribution in [-0.4, -0.2) is 19.6 Å². The second-order valence-corrected chi connectivity index (χ2v) is 6.99. The zero-order valence-electron chi connectivity index (χ0n) is 15.4. The van der Waals surface area contributed by atoms with Gasteiger partial charge in [-0.3, -0.25) is 4.79 Å². The number of benzene rings is 2. The van der Waals surface area contributed by atoms with Crippen LogP contribution in [0.3, 0.4) is 0 Å². The summed E-state index contributed by atoms with van der Waals surface area (Å²) in [6.07, 6.45) is 4.89. The first-order valence-electron chi connectivity index (χ1n) is 9.12. The average Bonchev–Trinajstić information content (AvgIpc) is 2.80. The predicted octanol–water partition coefficient (Wildman–Crippen LogP) is 4.19. The maximum atomic E-state index is 13.6. The summed E-state index contributed by atoms with van der Waals surface area (Å²) in [5.74, 6) is 0.193. The van der Waals surface area contributed by atoms with Crippen molar-refractivity contribution >= 4 is 11.6 Å². The maximum absolute atomic E-state index is 13.6. The van der Waals surface area contributed by atoms with Gasteiger partial charge in [-0.2, -0.15) is 0 Å². The first kappa shape index (κ1) is 17.7. The number of anilines is 1. The number of halogens is 1. The number of hydrogen-bond donors (Lipinski definition) is 0. The fourth-order valence-corrected chi connectivity index (χ4v) is 3.96. The van der Waals surface area contributed by atoms with Gasteiger partial charge in [-0.1, -0.05) is 31.2 Å². The van der Waals surface area contributed by atoms with Crippen molar-refractivity contribution in [2.24, 2.45) is 5.92 Å². The van der Waals surface area contributed by atoms with Crippen LogP contribution < -0.4 is 9.64 Å². The highest BCUT2D eigenvalue weighted by Gasteiger charge is 2.55. The summed E-state index contributed by atoms with van der Waals surface area (Å²) in [4.78, 5) is 15.4. The zero-order valence-corrected chi connectivity index (χ0v) is 15.4. The van der Waals surface area contributed by atoms with Gasteiger partial charge in [0.05, 0.1) is 25.9 Å². The topological polar surface area (TPSA) is 38.8 Å². The molecule has 0 saturated heterocycles. The molecular formula is C22H22FNO3. The first-order chi connectivity index (χ1) is 13.1. The largest absolute Gasteiger partial charge is 0.497 e. The fraction of sp³-hybridized carbons (Fsp3) is 0.318. The molecule has 1 spiro atoms. The van der Waals surface area contributed by atoms with E-state index in [0.29, 0.717) is 18.9 Å². The van der Waals surface area contributed by atoms with Crippen LogP contribution in [0.25, 0.3) is 0 Å². The smallest absolute Gasteiger partial charge is 0.264 e. The Morgan fingerprint density at radius 1 is 1.26 bits per heavy atom. The molecular weight excluding hydrogens is 345 g/mol. The average molecular weight is 367 g/mol. The van der Waals surface area contributed by atoms with Gasteiger partial charge in [-0.15, -0.1) is 0 Å². The van der Waals surface area contributed by atoms with Crippen molar-refractivity contribution in [2.45, 2.75) is 25.5 Å². The van der Waals surface area contributed by atoms with Crippen LogP contribution in [0, 0.1) is 11.7 Å². The number of carbonyl (C=O) groups excluding carboxylic acids is 1. The predicted molar refractivity (Wildman–Crippen MR) is 101 cm³/mol. The molecule has 5 heteroatoms. The van der Waals surface area contributed by atoms with E-state index in [2.05, 4.69) is 12.2 Å². The van der Waals surface area contributed by atoms with Crippen LogP contribution in [0.4, 0.5) is 10.1 Å². The van der Waals surface area contributed by atoms with Crippen LogP contribution in [-0.2, 0) is 21.7 Å². The quantitative estimate of drug-likeness (QED) is 0.764. The van der Waals surface area contributed by atoms with Crippen molar-refractivity contribution in [1.82, 2.24) is 0 Å². The first-order valence-corrected chi connectivity index (χ1v) is 9.12. The molecule has 140 valence electrons. The van der Waals surface area contributed by atoms with E-state index in [1.807, 2.05) is 25.1 Å². The molecule has 2 aliphatic heterocycles. The Kier molecular flexibility index (Phi) is 4.48. The maximum Gasteiger partial charge on any atom is 0.264 e. The van der Waals surface area contributed by atoms with E-state index in [-0.39, 0.29) is 17.6 Å². The number of ether oxygens (including phenoxy) is 2. The molecule has 4 nitrogen and oxygen atoms in total. The summed E-state index contributed by atoms with van der Waals surface area (Å²) in [5, 5.41) is 0. The minimum atomic E-state index is -1.06. The number of amides is 1. The minimum Gasteiger partial charge on any atom is -0.497 e. The highest BCUT2D eigenvalue weighted by atomic mass is 19.1. The Bertz CT molecular complexity index is 893. The van der Waals surface area contributed by atoms with Gasteiger partial charge in [-0.25, -0.2) is 4.39 Å². The Morgan fingerprint density at radius 2 is 2.04 bits per heavy atom. The van der Waals surface area contributed by atoms with E-state index in [9.17, 15) is 9.18 Å². The standard InChI is InChI=1S/C22H22FNO3/c1-15-5-3-4-12-27-22(15)19-13-18(26-2)10-11-20(19)24(21(22)25)14-16-6-8-17(23)9-7-16/h3,5-11,13,15H,4,12,14H2,1-2H3. The number of carbonyl (C=O) groups is 1. The zero-order chi connectivity index (χ0) is 19.0. The van der Waals surface area contributed by atoms with Crippen molar-refractivity contribution in [1.29, 1.82) is 0 Å². The monoisotopic (exact) mass is 367 g/mol. The molecule has 0 aliphatic carbocycles. The molecule has 2 aromatic carbocycles. The number of hydrogen-bond acceptors (Lipinski definition) is 3. The summed E-state index contributed by atoms with van der Waals surface area (Å²) in [5.41, 5.74) is 1.44. The Morgan fingerprint density at radius 3 is 2.78 bits per heavy atom. The Hall–Kier alpha value is -2.66. The molecule has 1 amide bonds. The molecule has 2 heterocycles. The molecule has 0 bridgehead atoms. The third kappa shape index (κ3) is 2.82. The van der Waals surface area contributed by atoms with E-state index in [1.165, 1.54) is 12.1 Å². The summed E-state index contributed by atoms with van der Waals surface area (Å²) < 4.78 is 24.9. The molecule has 2 unspecified atom stereocenters. The van der Waals surface area contributed by atoms with Gasteiger partial charge in [0.1, 0.15) is 11.6 Å². The Balaban J connectivity index is 1.82. The van der Waals surface area contributed by atoms with E-state index in [1.54, 1.807) is 24.1 Å². The SMILES string of the molecule is COc1ccc2c(c1)C1(OCCC=CC1C)C(=O)N2Cc1ccc(F)cc1. The molecule has 4 rings (SSSR count). The molecule has 2 aromatic rings.